The summed E-state index contributed by atoms with van der Waals surface area (Å²) >= 11 is 1.88. The first kappa shape index (κ1) is 27.6. The van der Waals surface area contributed by atoms with Crippen LogP contribution in [-0.4, -0.2) is 0 Å². The quantitative estimate of drug-likeness (QED) is 0.171. The minimum absolute atomic E-state index is 0.0681. The predicted molar refractivity (Wildman–Crippen MR) is 208 cm³/mol. The normalized spacial score (nSPS) is 13.4. The van der Waals surface area contributed by atoms with E-state index < -0.39 is 0 Å². The van der Waals surface area contributed by atoms with Crippen LogP contribution in [0.5, 0.6) is 0 Å². The smallest absolute Gasteiger partial charge is 0.0355 e. The van der Waals surface area contributed by atoms with Gasteiger partial charge in [0.05, 0.1) is 0 Å². The van der Waals surface area contributed by atoms with Gasteiger partial charge in [0.1, 0.15) is 0 Å². The molecule has 0 nitrogen and oxygen atoms in total. The molecule has 1 aliphatic carbocycles. The van der Waals surface area contributed by atoms with Crippen LogP contribution in [0.2, 0.25) is 0 Å². The fourth-order valence-corrected chi connectivity index (χ4v) is 9.44. The van der Waals surface area contributed by atoms with E-state index in [1.807, 2.05) is 11.3 Å². The van der Waals surface area contributed by atoms with Crippen molar-refractivity contribution >= 4 is 53.1 Å². The molecule has 1 heterocycles. The molecule has 9 aromatic rings. The van der Waals surface area contributed by atoms with E-state index in [1.165, 1.54) is 97.4 Å². The van der Waals surface area contributed by atoms with Crippen LogP contribution in [-0.2, 0) is 5.41 Å². The topological polar surface area (TPSA) is 0 Å². The van der Waals surface area contributed by atoms with Gasteiger partial charge in [0, 0.05) is 25.6 Å². The van der Waals surface area contributed by atoms with E-state index in [0.717, 1.165) is 0 Å². The van der Waals surface area contributed by atoms with Gasteiger partial charge in [0.25, 0.3) is 0 Å². The maximum absolute atomic E-state index is 2.48. The maximum Gasteiger partial charge on any atom is 0.0355 e. The number of thiophene rings is 1. The number of hydrogen-bond acceptors (Lipinski definition) is 1. The summed E-state index contributed by atoms with van der Waals surface area (Å²) in [6.45, 7) is 4.75. The molecule has 0 amide bonds. The molecule has 0 saturated heterocycles. The highest BCUT2D eigenvalue weighted by Gasteiger charge is 2.35. The molecular formula is C47H32S. The summed E-state index contributed by atoms with van der Waals surface area (Å²) in [5.74, 6) is 0. The first-order valence-electron chi connectivity index (χ1n) is 16.8. The van der Waals surface area contributed by atoms with Crippen molar-refractivity contribution in [1.82, 2.24) is 0 Å². The molecule has 8 aromatic carbocycles. The molecule has 0 N–H and O–H groups in total. The Labute approximate surface area is 284 Å². The fourth-order valence-electron chi connectivity index (χ4n) is 8.35. The Morgan fingerprint density at radius 1 is 0.354 bits per heavy atom. The number of benzene rings is 8. The lowest BCUT2D eigenvalue weighted by molar-refractivity contribution is 0.660. The fraction of sp³-hybridized carbons (Fsp3) is 0.0638. The first-order chi connectivity index (χ1) is 23.6. The molecular weight excluding hydrogens is 597 g/mol. The molecule has 48 heavy (non-hydrogen) atoms. The highest BCUT2D eigenvalue weighted by Crippen LogP contribution is 2.51. The van der Waals surface area contributed by atoms with Crippen molar-refractivity contribution in [3.63, 3.8) is 0 Å². The van der Waals surface area contributed by atoms with Gasteiger partial charge in [0.15, 0.2) is 0 Å². The van der Waals surface area contributed by atoms with Gasteiger partial charge in [-0.3, -0.25) is 0 Å². The summed E-state index contributed by atoms with van der Waals surface area (Å²) in [4.78, 5) is 0. The monoisotopic (exact) mass is 628 g/mol. The summed E-state index contributed by atoms with van der Waals surface area (Å²) in [5, 5.41) is 7.80. The third-order valence-electron chi connectivity index (χ3n) is 10.7. The minimum Gasteiger partial charge on any atom is -0.135 e. The van der Waals surface area contributed by atoms with Crippen LogP contribution < -0.4 is 0 Å². The van der Waals surface area contributed by atoms with Crippen LogP contribution in [0, 0.1) is 0 Å². The molecule has 10 rings (SSSR count). The summed E-state index contributed by atoms with van der Waals surface area (Å²) < 4.78 is 2.67. The lowest BCUT2D eigenvalue weighted by Gasteiger charge is -2.23. The van der Waals surface area contributed by atoms with Crippen molar-refractivity contribution in [3.05, 3.63) is 169 Å². The van der Waals surface area contributed by atoms with E-state index in [1.54, 1.807) is 0 Å². The van der Waals surface area contributed by atoms with Crippen LogP contribution in [0.3, 0.4) is 0 Å². The second-order valence-corrected chi connectivity index (χ2v) is 14.7. The predicted octanol–water partition coefficient (Wildman–Crippen LogP) is 13.7. The molecule has 0 spiro atoms. The zero-order valence-electron chi connectivity index (χ0n) is 26.9. The van der Waals surface area contributed by atoms with Crippen LogP contribution in [0.4, 0.5) is 0 Å². The molecule has 0 fully saturated rings. The second-order valence-electron chi connectivity index (χ2n) is 13.7. The van der Waals surface area contributed by atoms with Crippen LogP contribution in [0.15, 0.2) is 158 Å². The minimum atomic E-state index is -0.0681. The average Bonchev–Trinajstić information content (AvgIpc) is 3.62. The molecule has 0 aliphatic heterocycles. The van der Waals surface area contributed by atoms with E-state index in [2.05, 4.69) is 172 Å². The van der Waals surface area contributed by atoms with Crippen molar-refractivity contribution in [2.75, 3.05) is 0 Å². The van der Waals surface area contributed by atoms with Crippen molar-refractivity contribution in [2.24, 2.45) is 0 Å². The Bertz CT molecular complexity index is 2740. The molecule has 0 saturated carbocycles. The van der Waals surface area contributed by atoms with Crippen molar-refractivity contribution in [2.45, 2.75) is 19.3 Å². The summed E-state index contributed by atoms with van der Waals surface area (Å²) in [7, 11) is 0. The van der Waals surface area contributed by atoms with Gasteiger partial charge in [-0.25, -0.2) is 0 Å². The highest BCUT2D eigenvalue weighted by atomic mass is 32.1. The van der Waals surface area contributed by atoms with Crippen molar-refractivity contribution in [1.29, 1.82) is 0 Å². The molecule has 0 bridgehead atoms. The van der Waals surface area contributed by atoms with Crippen LogP contribution in [0.1, 0.15) is 25.0 Å². The lowest BCUT2D eigenvalue weighted by Crippen LogP contribution is -2.14. The Kier molecular flexibility index (Phi) is 5.89. The summed E-state index contributed by atoms with van der Waals surface area (Å²) in [5.41, 5.74) is 13.1. The van der Waals surface area contributed by atoms with Gasteiger partial charge in [-0.05, 0) is 108 Å². The van der Waals surface area contributed by atoms with E-state index in [-0.39, 0.29) is 5.41 Å². The van der Waals surface area contributed by atoms with Crippen LogP contribution >= 0.6 is 11.3 Å². The van der Waals surface area contributed by atoms with Gasteiger partial charge in [-0.15, -0.1) is 11.3 Å². The standard InChI is InChI=1S/C47H32S/c1-47(2)41-18-10-8-14-33(41)34-23-21-32(28-42(34)47)46-37-17-7-6-16-36(37)45(38-24-20-30(26-40(38)46)29-12-4-3-5-13-29)31-22-25-44-39(27-31)35-15-9-11-19-43(35)48-44/h3-28H,1-2H3. The molecule has 1 aliphatic rings. The zero-order valence-corrected chi connectivity index (χ0v) is 27.7. The van der Waals surface area contributed by atoms with Gasteiger partial charge < -0.3 is 0 Å². The Morgan fingerprint density at radius 2 is 0.917 bits per heavy atom. The van der Waals surface area contributed by atoms with Gasteiger partial charge >= 0.3 is 0 Å². The van der Waals surface area contributed by atoms with E-state index in [4.69, 9.17) is 0 Å². The Balaban J connectivity index is 1.30. The number of rotatable bonds is 3. The molecule has 1 aromatic heterocycles. The van der Waals surface area contributed by atoms with E-state index in [0.29, 0.717) is 0 Å². The van der Waals surface area contributed by atoms with Gasteiger partial charge in [-0.2, -0.15) is 0 Å². The Hall–Kier alpha value is -5.50. The molecule has 0 unspecified atom stereocenters. The molecule has 226 valence electrons. The van der Waals surface area contributed by atoms with Crippen molar-refractivity contribution in [3.8, 4) is 44.5 Å². The zero-order chi connectivity index (χ0) is 32.0. The summed E-state index contributed by atoms with van der Waals surface area (Å²) in [6, 6.07) is 58.9. The first-order valence-corrected chi connectivity index (χ1v) is 17.6. The van der Waals surface area contributed by atoms with Crippen LogP contribution in [0.25, 0.3) is 86.2 Å². The number of fused-ring (bicyclic) bond motifs is 8. The number of hydrogen-bond donors (Lipinski definition) is 0. The second kappa shape index (κ2) is 10.2. The molecule has 0 radical (unpaired) electrons. The third-order valence-corrected chi connectivity index (χ3v) is 11.8. The maximum atomic E-state index is 2.48. The Morgan fingerprint density at radius 3 is 1.75 bits per heavy atom. The van der Waals surface area contributed by atoms with E-state index in [9.17, 15) is 0 Å². The molecule has 0 atom stereocenters. The van der Waals surface area contributed by atoms with Crippen molar-refractivity contribution < 1.29 is 0 Å². The van der Waals surface area contributed by atoms with E-state index >= 15 is 0 Å². The van der Waals surface area contributed by atoms with Gasteiger partial charge in [0.2, 0.25) is 0 Å². The average molecular weight is 629 g/mol. The summed E-state index contributed by atoms with van der Waals surface area (Å²) in [6.07, 6.45) is 0. The highest BCUT2D eigenvalue weighted by molar-refractivity contribution is 7.25. The van der Waals surface area contributed by atoms with Gasteiger partial charge in [-0.1, -0.05) is 141 Å². The third kappa shape index (κ3) is 3.95. The lowest BCUT2D eigenvalue weighted by atomic mass is 9.80. The largest absolute Gasteiger partial charge is 0.135 e. The SMILES string of the molecule is CC1(C)c2ccccc2-c2ccc(-c3c4ccccc4c(-c4ccc5sc6ccccc6c5c4)c4ccc(-c5ccccc5)cc34)cc21. The molecule has 1 heteroatoms.